The fourth-order valence-corrected chi connectivity index (χ4v) is 4.31. The van der Waals surface area contributed by atoms with E-state index in [1.54, 1.807) is 35.4 Å². The van der Waals surface area contributed by atoms with Crippen LogP contribution in [-0.2, 0) is 28.0 Å². The summed E-state index contributed by atoms with van der Waals surface area (Å²) >= 11 is 0. The van der Waals surface area contributed by atoms with Gasteiger partial charge >= 0.3 is 10.1 Å². The molecule has 182 valence electrons. The molecule has 0 spiro atoms. The molecule has 34 heavy (non-hydrogen) atoms. The number of amides is 1. The smallest absolute Gasteiger partial charge is 0.339 e. The van der Waals surface area contributed by atoms with Gasteiger partial charge in [-0.2, -0.15) is 8.42 Å². The Balaban J connectivity index is 1.84. The van der Waals surface area contributed by atoms with Gasteiger partial charge in [-0.15, -0.1) is 0 Å². The van der Waals surface area contributed by atoms with Crippen molar-refractivity contribution in [3.63, 3.8) is 0 Å². The molecule has 0 radical (unpaired) electrons. The summed E-state index contributed by atoms with van der Waals surface area (Å²) in [6.45, 7) is 2.58. The van der Waals surface area contributed by atoms with Crippen molar-refractivity contribution in [1.82, 2.24) is 4.90 Å². The maximum atomic E-state index is 13.2. The highest BCUT2D eigenvalue weighted by Crippen LogP contribution is 2.31. The number of benzene rings is 2. The van der Waals surface area contributed by atoms with Gasteiger partial charge < -0.3 is 18.2 Å². The highest BCUT2D eigenvalue weighted by Gasteiger charge is 2.21. The van der Waals surface area contributed by atoms with E-state index in [0.717, 1.165) is 43.5 Å². The van der Waals surface area contributed by atoms with Crippen molar-refractivity contribution in [2.75, 3.05) is 7.11 Å². The molecule has 2 aromatic carbocycles. The molecule has 0 saturated heterocycles. The van der Waals surface area contributed by atoms with Crippen LogP contribution in [0.5, 0.6) is 11.5 Å². The van der Waals surface area contributed by atoms with E-state index >= 15 is 0 Å². The van der Waals surface area contributed by atoms with E-state index in [1.807, 2.05) is 0 Å². The number of ether oxygens (including phenoxy) is 1. The average molecular weight is 490 g/mol. The maximum absolute atomic E-state index is 13.2. The number of methoxy groups -OCH3 is 1. The molecule has 9 heteroatoms. The molecule has 1 aromatic heterocycles. The van der Waals surface area contributed by atoms with E-state index in [4.69, 9.17) is 13.3 Å². The number of nitrogens with zero attached hydrogens (tertiary/aromatic N) is 1. The number of rotatable bonds is 12. The van der Waals surface area contributed by atoms with Crippen LogP contribution in [0, 0.1) is 5.82 Å². The zero-order valence-corrected chi connectivity index (χ0v) is 20.0. The van der Waals surface area contributed by atoms with Gasteiger partial charge in [0.2, 0.25) is 5.91 Å². The first-order valence-electron chi connectivity index (χ1n) is 11.0. The summed E-state index contributed by atoms with van der Waals surface area (Å²) in [7, 11) is -2.83. The molecule has 0 fully saturated rings. The average Bonchev–Trinajstić information content (AvgIpc) is 3.32. The number of carbonyl (C=O) groups is 1. The van der Waals surface area contributed by atoms with Gasteiger partial charge in [0.05, 0.1) is 19.9 Å². The van der Waals surface area contributed by atoms with Gasteiger partial charge in [-0.25, -0.2) is 4.39 Å². The fourth-order valence-electron chi connectivity index (χ4n) is 3.38. The Morgan fingerprint density at radius 2 is 1.79 bits per heavy atom. The van der Waals surface area contributed by atoms with Crippen LogP contribution in [0.2, 0.25) is 0 Å². The Morgan fingerprint density at radius 3 is 2.44 bits per heavy atom. The van der Waals surface area contributed by atoms with Gasteiger partial charge in [0, 0.05) is 13.0 Å². The lowest BCUT2D eigenvalue weighted by molar-refractivity contribution is -0.132. The minimum Gasteiger partial charge on any atom is -0.493 e. The summed E-state index contributed by atoms with van der Waals surface area (Å²) in [4.78, 5) is 14.4. The summed E-state index contributed by atoms with van der Waals surface area (Å²) < 4.78 is 54.6. The lowest BCUT2D eigenvalue weighted by Crippen LogP contribution is -2.29. The quantitative estimate of drug-likeness (QED) is 0.253. The third kappa shape index (κ3) is 6.84. The second-order valence-corrected chi connectivity index (χ2v) is 9.31. The highest BCUT2D eigenvalue weighted by molar-refractivity contribution is 7.87. The number of unbranched alkanes of at least 4 members (excludes halogenated alkanes) is 2. The summed E-state index contributed by atoms with van der Waals surface area (Å²) in [6, 6.07) is 12.7. The Kier molecular flexibility index (Phi) is 8.70. The summed E-state index contributed by atoms with van der Waals surface area (Å²) in [5.74, 6) is 0.246. The summed E-state index contributed by atoms with van der Waals surface area (Å²) in [5, 5.41) is 0. The van der Waals surface area contributed by atoms with Crippen molar-refractivity contribution in [3.05, 3.63) is 78.0 Å². The second kappa shape index (κ2) is 11.7. The van der Waals surface area contributed by atoms with Crippen LogP contribution >= 0.6 is 0 Å². The SMILES string of the molecule is CCCCCC(=O)N(Cc1ccc(OC)c(OS(=O)(=O)c2ccc(F)cc2)c1)Cc1ccco1. The molecule has 0 bridgehead atoms. The van der Waals surface area contributed by atoms with E-state index in [9.17, 15) is 17.6 Å². The first-order chi connectivity index (χ1) is 16.3. The second-order valence-electron chi connectivity index (χ2n) is 7.76. The van der Waals surface area contributed by atoms with Crippen LogP contribution in [0.1, 0.15) is 43.9 Å². The van der Waals surface area contributed by atoms with Crippen LogP contribution in [-0.4, -0.2) is 26.3 Å². The van der Waals surface area contributed by atoms with Crippen LogP contribution < -0.4 is 8.92 Å². The maximum Gasteiger partial charge on any atom is 0.339 e. The normalized spacial score (nSPS) is 11.3. The zero-order valence-electron chi connectivity index (χ0n) is 19.2. The predicted molar refractivity (Wildman–Crippen MR) is 124 cm³/mol. The van der Waals surface area contributed by atoms with E-state index in [2.05, 4.69) is 6.92 Å². The molecule has 0 aliphatic heterocycles. The molecule has 7 nitrogen and oxygen atoms in total. The van der Waals surface area contributed by atoms with Crippen LogP contribution in [0.15, 0.2) is 70.2 Å². The first-order valence-corrected chi connectivity index (χ1v) is 12.4. The van der Waals surface area contributed by atoms with Gasteiger partial charge in [0.1, 0.15) is 16.5 Å². The Hall–Kier alpha value is -3.33. The molecule has 0 N–H and O–H groups in total. The zero-order chi connectivity index (χ0) is 24.6. The standard InChI is InChI=1S/C25H28FNO6S/c1-3-4-5-8-25(28)27(18-21-7-6-15-32-21)17-19-9-14-23(31-2)24(16-19)33-34(29,30)22-12-10-20(26)11-13-22/h6-7,9-16H,3-5,8,17-18H2,1-2H3. The van der Waals surface area contributed by atoms with Gasteiger partial charge in [0.15, 0.2) is 11.5 Å². The lowest BCUT2D eigenvalue weighted by Gasteiger charge is -2.22. The van der Waals surface area contributed by atoms with E-state index in [1.165, 1.54) is 13.2 Å². The number of hydrogen-bond acceptors (Lipinski definition) is 6. The van der Waals surface area contributed by atoms with E-state index in [0.29, 0.717) is 17.7 Å². The molecule has 1 heterocycles. The molecule has 0 saturated carbocycles. The molecule has 0 unspecified atom stereocenters. The Bertz CT molecular complexity index is 1180. The molecule has 0 aliphatic rings. The van der Waals surface area contributed by atoms with Crippen molar-refractivity contribution in [1.29, 1.82) is 0 Å². The van der Waals surface area contributed by atoms with E-state index in [-0.39, 0.29) is 35.4 Å². The minimum absolute atomic E-state index is 0.0259. The summed E-state index contributed by atoms with van der Waals surface area (Å²) in [5.41, 5.74) is 0.653. The number of hydrogen-bond donors (Lipinski definition) is 0. The van der Waals surface area contributed by atoms with Crippen molar-refractivity contribution in [2.24, 2.45) is 0 Å². The van der Waals surface area contributed by atoms with Crippen LogP contribution in [0.4, 0.5) is 4.39 Å². The van der Waals surface area contributed by atoms with Gasteiger partial charge in [-0.05, 0) is 60.5 Å². The first kappa shape index (κ1) is 25.3. The predicted octanol–water partition coefficient (Wildman–Crippen LogP) is 5.30. The van der Waals surface area contributed by atoms with Gasteiger partial charge in [-0.3, -0.25) is 4.79 Å². The third-order valence-corrected chi connectivity index (χ3v) is 6.43. The number of furan rings is 1. The van der Waals surface area contributed by atoms with Crippen LogP contribution in [0.3, 0.4) is 0 Å². The molecule has 3 rings (SSSR count). The topological polar surface area (TPSA) is 86.0 Å². The van der Waals surface area contributed by atoms with Crippen LogP contribution in [0.25, 0.3) is 0 Å². The molecule has 0 aliphatic carbocycles. The lowest BCUT2D eigenvalue weighted by atomic mass is 10.1. The highest BCUT2D eigenvalue weighted by atomic mass is 32.2. The van der Waals surface area contributed by atoms with E-state index < -0.39 is 15.9 Å². The largest absolute Gasteiger partial charge is 0.493 e. The number of halogens is 1. The van der Waals surface area contributed by atoms with Gasteiger partial charge in [0.25, 0.3) is 0 Å². The monoisotopic (exact) mass is 489 g/mol. The molecule has 0 atom stereocenters. The Morgan fingerprint density at radius 1 is 1.03 bits per heavy atom. The van der Waals surface area contributed by atoms with Crippen molar-refractivity contribution in [3.8, 4) is 11.5 Å². The van der Waals surface area contributed by atoms with Crippen molar-refractivity contribution < 1.29 is 30.9 Å². The van der Waals surface area contributed by atoms with Crippen molar-refractivity contribution in [2.45, 2.75) is 50.6 Å². The fraction of sp³-hybridized carbons (Fsp3) is 0.320. The summed E-state index contributed by atoms with van der Waals surface area (Å²) in [6.07, 6.45) is 4.72. The molecule has 3 aromatic rings. The Labute approximate surface area is 199 Å². The number of carbonyl (C=O) groups excluding carboxylic acids is 1. The molecular weight excluding hydrogens is 461 g/mol. The molecular formula is C25H28FNO6S. The molecule has 1 amide bonds. The van der Waals surface area contributed by atoms with Crippen molar-refractivity contribution >= 4 is 16.0 Å². The van der Waals surface area contributed by atoms with Gasteiger partial charge in [-0.1, -0.05) is 25.8 Å². The third-order valence-electron chi connectivity index (χ3n) is 5.18. The minimum atomic E-state index is -4.22.